The lowest BCUT2D eigenvalue weighted by molar-refractivity contribution is -0.125. The van der Waals surface area contributed by atoms with E-state index in [1.807, 2.05) is 39.0 Å². The van der Waals surface area contributed by atoms with E-state index in [2.05, 4.69) is 10.6 Å². The summed E-state index contributed by atoms with van der Waals surface area (Å²) in [5.74, 6) is 0.943. The van der Waals surface area contributed by atoms with Crippen LogP contribution >= 0.6 is 0 Å². The highest BCUT2D eigenvalue weighted by Crippen LogP contribution is 2.25. The molecule has 0 aliphatic carbocycles. The SMILES string of the molecule is CCC(C)C(NC(=O)OC(C)C)C(=O)NC(C)COc1ccccc1OC. The van der Waals surface area contributed by atoms with Gasteiger partial charge in [0.1, 0.15) is 12.6 Å². The minimum atomic E-state index is -0.671. The van der Waals surface area contributed by atoms with Gasteiger partial charge in [0, 0.05) is 0 Å². The summed E-state index contributed by atoms with van der Waals surface area (Å²) in [7, 11) is 1.58. The molecule has 2 amide bonds. The van der Waals surface area contributed by atoms with Crippen molar-refractivity contribution >= 4 is 12.0 Å². The monoisotopic (exact) mass is 380 g/mol. The summed E-state index contributed by atoms with van der Waals surface area (Å²) in [5.41, 5.74) is 0. The molecular formula is C20H32N2O5. The third-order valence-corrected chi connectivity index (χ3v) is 4.06. The molecule has 3 unspecified atom stereocenters. The van der Waals surface area contributed by atoms with Crippen molar-refractivity contribution < 1.29 is 23.8 Å². The fourth-order valence-electron chi connectivity index (χ4n) is 2.40. The van der Waals surface area contributed by atoms with Gasteiger partial charge in [0.2, 0.25) is 5.91 Å². The highest BCUT2D eigenvalue weighted by atomic mass is 16.6. The summed E-state index contributed by atoms with van der Waals surface area (Å²) in [6, 6.07) is 6.40. The smallest absolute Gasteiger partial charge is 0.408 e. The molecule has 0 saturated carbocycles. The highest BCUT2D eigenvalue weighted by molar-refractivity contribution is 5.86. The lowest BCUT2D eigenvalue weighted by atomic mass is 9.98. The fraction of sp³-hybridized carbons (Fsp3) is 0.600. The number of carbonyl (C=O) groups excluding carboxylic acids is 2. The first-order chi connectivity index (χ1) is 12.8. The Kier molecular flexibility index (Phi) is 9.47. The van der Waals surface area contributed by atoms with E-state index in [0.717, 1.165) is 6.42 Å². The molecular weight excluding hydrogens is 348 g/mol. The molecule has 0 fully saturated rings. The van der Waals surface area contributed by atoms with Crippen LogP contribution in [0.2, 0.25) is 0 Å². The first-order valence-electron chi connectivity index (χ1n) is 9.31. The Balaban J connectivity index is 2.64. The van der Waals surface area contributed by atoms with Gasteiger partial charge in [0.25, 0.3) is 0 Å². The number of carbonyl (C=O) groups is 2. The minimum Gasteiger partial charge on any atom is -0.493 e. The summed E-state index contributed by atoms with van der Waals surface area (Å²) < 4.78 is 16.1. The summed E-state index contributed by atoms with van der Waals surface area (Å²) in [6.07, 6.45) is -0.103. The fourth-order valence-corrected chi connectivity index (χ4v) is 2.40. The zero-order chi connectivity index (χ0) is 20.4. The Morgan fingerprint density at radius 2 is 1.67 bits per heavy atom. The number of ether oxygens (including phenoxy) is 3. The Bertz CT molecular complexity index is 606. The molecule has 0 aromatic heterocycles. The van der Waals surface area contributed by atoms with Crippen molar-refractivity contribution in [1.29, 1.82) is 0 Å². The van der Waals surface area contributed by atoms with Crippen molar-refractivity contribution in [2.75, 3.05) is 13.7 Å². The number of nitrogens with one attached hydrogen (secondary N) is 2. The Hall–Kier alpha value is -2.44. The van der Waals surface area contributed by atoms with Crippen LogP contribution in [0.15, 0.2) is 24.3 Å². The molecule has 0 heterocycles. The van der Waals surface area contributed by atoms with E-state index in [1.54, 1.807) is 27.0 Å². The van der Waals surface area contributed by atoms with E-state index in [9.17, 15) is 9.59 Å². The van der Waals surface area contributed by atoms with E-state index in [-0.39, 0.29) is 30.6 Å². The second-order valence-corrected chi connectivity index (χ2v) is 6.83. The molecule has 0 aliphatic rings. The van der Waals surface area contributed by atoms with Crippen LogP contribution in [-0.2, 0) is 9.53 Å². The standard InChI is InChI=1S/C20H32N2O5/c1-7-14(4)18(22-20(24)27-13(2)3)19(23)21-15(5)12-26-17-11-9-8-10-16(17)25-6/h8-11,13-15,18H,7,12H2,1-6H3,(H,21,23)(H,22,24). The van der Waals surface area contributed by atoms with Gasteiger partial charge in [-0.1, -0.05) is 32.4 Å². The Labute approximate surface area is 161 Å². The average Bonchev–Trinajstić information content (AvgIpc) is 2.63. The molecule has 0 aliphatic heterocycles. The zero-order valence-corrected chi connectivity index (χ0v) is 17.1. The number of alkyl carbamates (subject to hydrolysis) is 1. The first-order valence-corrected chi connectivity index (χ1v) is 9.31. The molecule has 152 valence electrons. The number of rotatable bonds is 10. The van der Waals surface area contributed by atoms with Gasteiger partial charge in [-0.25, -0.2) is 4.79 Å². The van der Waals surface area contributed by atoms with Crippen molar-refractivity contribution in [2.24, 2.45) is 5.92 Å². The Morgan fingerprint density at radius 1 is 1.04 bits per heavy atom. The minimum absolute atomic E-state index is 0.0351. The number of methoxy groups -OCH3 is 1. The van der Waals surface area contributed by atoms with Crippen LogP contribution in [0.3, 0.4) is 0 Å². The maximum Gasteiger partial charge on any atom is 0.408 e. The third-order valence-electron chi connectivity index (χ3n) is 4.06. The van der Waals surface area contributed by atoms with Crippen LogP contribution < -0.4 is 20.1 Å². The second kappa shape index (κ2) is 11.3. The van der Waals surface area contributed by atoms with Crippen LogP contribution in [0.25, 0.3) is 0 Å². The van der Waals surface area contributed by atoms with E-state index >= 15 is 0 Å². The summed E-state index contributed by atoms with van der Waals surface area (Å²) in [5, 5.41) is 5.55. The maximum atomic E-state index is 12.6. The maximum absolute atomic E-state index is 12.6. The predicted octanol–water partition coefficient (Wildman–Crippen LogP) is 3.13. The molecule has 3 atom stereocenters. The van der Waals surface area contributed by atoms with Crippen molar-refractivity contribution in [3.63, 3.8) is 0 Å². The summed E-state index contributed by atoms with van der Waals surface area (Å²) in [4.78, 5) is 24.6. The van der Waals surface area contributed by atoms with Gasteiger partial charge in [-0.15, -0.1) is 0 Å². The van der Waals surface area contributed by atoms with Crippen molar-refractivity contribution in [1.82, 2.24) is 10.6 Å². The average molecular weight is 380 g/mol. The van der Waals surface area contributed by atoms with Crippen LogP contribution in [-0.4, -0.2) is 43.9 Å². The largest absolute Gasteiger partial charge is 0.493 e. The molecule has 1 aromatic rings. The molecule has 27 heavy (non-hydrogen) atoms. The van der Waals surface area contributed by atoms with Gasteiger partial charge in [0.05, 0.1) is 19.3 Å². The third kappa shape index (κ3) is 7.76. The predicted molar refractivity (Wildman–Crippen MR) is 104 cm³/mol. The van der Waals surface area contributed by atoms with Gasteiger partial charge >= 0.3 is 6.09 Å². The van der Waals surface area contributed by atoms with E-state index < -0.39 is 12.1 Å². The molecule has 0 spiro atoms. The molecule has 1 aromatic carbocycles. The van der Waals surface area contributed by atoms with Crippen molar-refractivity contribution in [3.05, 3.63) is 24.3 Å². The molecule has 0 saturated heterocycles. The van der Waals surface area contributed by atoms with E-state index in [0.29, 0.717) is 11.5 Å². The van der Waals surface area contributed by atoms with Gasteiger partial charge in [-0.3, -0.25) is 4.79 Å². The molecule has 7 heteroatoms. The Morgan fingerprint density at radius 3 is 2.22 bits per heavy atom. The van der Waals surface area contributed by atoms with E-state index in [4.69, 9.17) is 14.2 Å². The quantitative estimate of drug-likeness (QED) is 0.651. The number of para-hydroxylation sites is 2. The first kappa shape index (κ1) is 22.6. The van der Waals surface area contributed by atoms with Crippen molar-refractivity contribution in [2.45, 2.75) is 59.2 Å². The topological polar surface area (TPSA) is 85.9 Å². The second-order valence-electron chi connectivity index (χ2n) is 6.83. The number of amides is 2. The highest BCUT2D eigenvalue weighted by Gasteiger charge is 2.27. The van der Waals surface area contributed by atoms with Gasteiger partial charge in [-0.2, -0.15) is 0 Å². The van der Waals surface area contributed by atoms with Gasteiger partial charge in [0.15, 0.2) is 11.5 Å². The van der Waals surface area contributed by atoms with Crippen LogP contribution in [0.4, 0.5) is 4.79 Å². The molecule has 2 N–H and O–H groups in total. The van der Waals surface area contributed by atoms with Crippen LogP contribution in [0.1, 0.15) is 41.0 Å². The van der Waals surface area contributed by atoms with Crippen LogP contribution in [0.5, 0.6) is 11.5 Å². The molecule has 7 nitrogen and oxygen atoms in total. The number of hydrogen-bond acceptors (Lipinski definition) is 5. The zero-order valence-electron chi connectivity index (χ0n) is 17.1. The van der Waals surface area contributed by atoms with Crippen molar-refractivity contribution in [3.8, 4) is 11.5 Å². The molecule has 1 rings (SSSR count). The lowest BCUT2D eigenvalue weighted by Crippen LogP contribution is -2.53. The summed E-state index contributed by atoms with van der Waals surface area (Å²) >= 11 is 0. The van der Waals surface area contributed by atoms with Crippen LogP contribution in [0, 0.1) is 5.92 Å². The lowest BCUT2D eigenvalue weighted by Gasteiger charge is -2.25. The number of hydrogen-bond donors (Lipinski definition) is 2. The number of benzene rings is 1. The van der Waals surface area contributed by atoms with E-state index in [1.165, 1.54) is 0 Å². The normalized spacial score (nSPS) is 14.0. The summed E-state index contributed by atoms with van der Waals surface area (Å²) in [6.45, 7) is 9.51. The molecule has 0 radical (unpaired) electrons. The molecule has 0 bridgehead atoms. The van der Waals surface area contributed by atoms with Gasteiger partial charge in [-0.05, 0) is 38.8 Å². The van der Waals surface area contributed by atoms with Gasteiger partial charge < -0.3 is 24.8 Å².